The molecule has 0 spiro atoms. The van der Waals surface area contributed by atoms with Crippen LogP contribution in [0.15, 0.2) is 0 Å². The zero-order valence-electron chi connectivity index (χ0n) is 11.5. The first-order chi connectivity index (χ1) is 8.13. The van der Waals surface area contributed by atoms with Crippen LogP contribution in [0.4, 0.5) is 5.13 Å². The average Bonchev–Trinajstić information content (AvgIpc) is 2.72. The van der Waals surface area contributed by atoms with Gasteiger partial charge in [0, 0.05) is 24.5 Å². The van der Waals surface area contributed by atoms with Crippen LogP contribution >= 0.6 is 11.3 Å². The molecule has 17 heavy (non-hydrogen) atoms. The summed E-state index contributed by atoms with van der Waals surface area (Å²) in [6.07, 6.45) is 4.59. The summed E-state index contributed by atoms with van der Waals surface area (Å²) in [6.45, 7) is 7.28. The quantitative estimate of drug-likeness (QED) is 0.813. The molecule has 3 nitrogen and oxygen atoms in total. The van der Waals surface area contributed by atoms with Crippen molar-refractivity contribution in [3.63, 3.8) is 0 Å². The Labute approximate surface area is 109 Å². The highest BCUT2D eigenvalue weighted by atomic mass is 32.1. The van der Waals surface area contributed by atoms with E-state index in [0.29, 0.717) is 12.6 Å². The number of nitrogens with two attached hydrogens (primary N) is 1. The van der Waals surface area contributed by atoms with Crippen molar-refractivity contribution in [2.45, 2.75) is 59.0 Å². The summed E-state index contributed by atoms with van der Waals surface area (Å²) in [4.78, 5) is 8.27. The molecule has 1 rings (SSSR count). The molecule has 0 aliphatic rings. The number of rotatable bonds is 7. The standard InChI is InChI=1S/C13H25N3S/c1-5-7-10(3)16(4)13-15-11(8-6-2)12(9-14)17-13/h10H,5-9,14H2,1-4H3. The minimum absolute atomic E-state index is 0.547. The summed E-state index contributed by atoms with van der Waals surface area (Å²) in [5.74, 6) is 0. The summed E-state index contributed by atoms with van der Waals surface area (Å²) >= 11 is 1.75. The monoisotopic (exact) mass is 255 g/mol. The van der Waals surface area contributed by atoms with Crippen molar-refractivity contribution < 1.29 is 0 Å². The molecule has 0 saturated heterocycles. The minimum atomic E-state index is 0.547. The predicted octanol–water partition coefficient (Wildman–Crippen LogP) is 3.18. The molecule has 1 aromatic rings. The Bertz CT molecular complexity index is 335. The minimum Gasteiger partial charge on any atom is -0.348 e. The van der Waals surface area contributed by atoms with Gasteiger partial charge in [0.15, 0.2) is 5.13 Å². The van der Waals surface area contributed by atoms with Gasteiger partial charge in [0.1, 0.15) is 0 Å². The molecule has 0 aliphatic carbocycles. The molecule has 1 aromatic heterocycles. The van der Waals surface area contributed by atoms with Crippen molar-refractivity contribution >= 4 is 16.5 Å². The van der Waals surface area contributed by atoms with Gasteiger partial charge in [-0.3, -0.25) is 0 Å². The summed E-state index contributed by atoms with van der Waals surface area (Å²) in [6, 6.07) is 0.547. The molecule has 0 aliphatic heterocycles. The molecule has 98 valence electrons. The molecular formula is C13H25N3S. The molecule has 0 saturated carbocycles. The van der Waals surface area contributed by atoms with Gasteiger partial charge in [-0.2, -0.15) is 0 Å². The zero-order valence-corrected chi connectivity index (χ0v) is 12.3. The van der Waals surface area contributed by atoms with E-state index in [2.05, 4.69) is 32.7 Å². The Hall–Kier alpha value is -0.610. The van der Waals surface area contributed by atoms with Crippen molar-refractivity contribution in [1.29, 1.82) is 0 Å². The van der Waals surface area contributed by atoms with E-state index in [1.54, 1.807) is 11.3 Å². The fraction of sp³-hybridized carbons (Fsp3) is 0.769. The van der Waals surface area contributed by atoms with Crippen LogP contribution < -0.4 is 10.6 Å². The molecule has 0 radical (unpaired) electrons. The lowest BCUT2D eigenvalue weighted by Gasteiger charge is -2.23. The summed E-state index contributed by atoms with van der Waals surface area (Å²) in [5.41, 5.74) is 6.98. The highest BCUT2D eigenvalue weighted by Crippen LogP contribution is 2.28. The molecule has 0 fully saturated rings. The van der Waals surface area contributed by atoms with Crippen molar-refractivity contribution in [1.82, 2.24) is 4.98 Å². The van der Waals surface area contributed by atoms with Crippen LogP contribution in [0.3, 0.4) is 0 Å². The number of hydrogen-bond acceptors (Lipinski definition) is 4. The van der Waals surface area contributed by atoms with E-state index < -0.39 is 0 Å². The van der Waals surface area contributed by atoms with Gasteiger partial charge in [0.25, 0.3) is 0 Å². The van der Waals surface area contributed by atoms with Crippen molar-refractivity contribution in [2.75, 3.05) is 11.9 Å². The van der Waals surface area contributed by atoms with Crippen LogP contribution in [-0.4, -0.2) is 18.1 Å². The van der Waals surface area contributed by atoms with E-state index in [4.69, 9.17) is 10.7 Å². The van der Waals surface area contributed by atoms with E-state index in [0.717, 1.165) is 18.0 Å². The molecule has 1 unspecified atom stereocenters. The van der Waals surface area contributed by atoms with E-state index in [1.165, 1.54) is 23.4 Å². The Morgan fingerprint density at radius 2 is 2.06 bits per heavy atom. The lowest BCUT2D eigenvalue weighted by atomic mass is 10.2. The number of hydrogen-bond donors (Lipinski definition) is 1. The fourth-order valence-corrected chi connectivity index (χ4v) is 2.96. The van der Waals surface area contributed by atoms with Gasteiger partial charge in [0.05, 0.1) is 5.69 Å². The second kappa shape index (κ2) is 6.97. The second-order valence-electron chi connectivity index (χ2n) is 4.57. The lowest BCUT2D eigenvalue weighted by Crippen LogP contribution is -2.28. The number of nitrogens with zero attached hydrogens (tertiary/aromatic N) is 2. The van der Waals surface area contributed by atoms with Gasteiger partial charge in [-0.1, -0.05) is 26.7 Å². The maximum absolute atomic E-state index is 5.78. The van der Waals surface area contributed by atoms with E-state index in [1.807, 2.05) is 0 Å². The summed E-state index contributed by atoms with van der Waals surface area (Å²) in [5, 5.41) is 1.12. The van der Waals surface area contributed by atoms with Crippen LogP contribution in [-0.2, 0) is 13.0 Å². The molecular weight excluding hydrogens is 230 g/mol. The van der Waals surface area contributed by atoms with Crippen LogP contribution in [0.25, 0.3) is 0 Å². The Balaban J connectivity index is 2.83. The highest BCUT2D eigenvalue weighted by Gasteiger charge is 2.16. The van der Waals surface area contributed by atoms with Gasteiger partial charge in [-0.05, 0) is 19.8 Å². The normalized spacial score (nSPS) is 12.8. The van der Waals surface area contributed by atoms with Crippen LogP contribution in [0.5, 0.6) is 0 Å². The SMILES string of the molecule is CCCc1nc(N(C)C(C)CCC)sc1CN. The van der Waals surface area contributed by atoms with Crippen molar-refractivity contribution in [3.8, 4) is 0 Å². The largest absolute Gasteiger partial charge is 0.348 e. The zero-order chi connectivity index (χ0) is 12.8. The third-order valence-corrected chi connectivity index (χ3v) is 4.32. The van der Waals surface area contributed by atoms with Crippen LogP contribution in [0, 0.1) is 0 Å². The first-order valence-electron chi connectivity index (χ1n) is 6.55. The smallest absolute Gasteiger partial charge is 0.185 e. The fourth-order valence-electron chi connectivity index (χ4n) is 1.91. The van der Waals surface area contributed by atoms with Crippen LogP contribution in [0.1, 0.15) is 50.6 Å². The van der Waals surface area contributed by atoms with Crippen molar-refractivity contribution in [3.05, 3.63) is 10.6 Å². The highest BCUT2D eigenvalue weighted by molar-refractivity contribution is 7.15. The predicted molar refractivity (Wildman–Crippen MR) is 76.8 cm³/mol. The molecule has 1 heterocycles. The van der Waals surface area contributed by atoms with Gasteiger partial charge >= 0.3 is 0 Å². The molecule has 0 bridgehead atoms. The van der Waals surface area contributed by atoms with E-state index in [-0.39, 0.29) is 0 Å². The van der Waals surface area contributed by atoms with Gasteiger partial charge in [-0.25, -0.2) is 4.98 Å². The molecule has 1 atom stereocenters. The van der Waals surface area contributed by atoms with E-state index >= 15 is 0 Å². The summed E-state index contributed by atoms with van der Waals surface area (Å²) in [7, 11) is 2.13. The topological polar surface area (TPSA) is 42.2 Å². The Morgan fingerprint density at radius 3 is 2.59 bits per heavy atom. The van der Waals surface area contributed by atoms with E-state index in [9.17, 15) is 0 Å². The third kappa shape index (κ3) is 3.68. The van der Waals surface area contributed by atoms with Gasteiger partial charge in [-0.15, -0.1) is 11.3 Å². The average molecular weight is 255 g/mol. The lowest BCUT2D eigenvalue weighted by molar-refractivity contribution is 0.614. The first kappa shape index (κ1) is 14.5. The number of thiazole rings is 1. The molecule has 0 aromatic carbocycles. The molecule has 4 heteroatoms. The maximum Gasteiger partial charge on any atom is 0.185 e. The number of aromatic nitrogens is 1. The van der Waals surface area contributed by atoms with Crippen molar-refractivity contribution in [2.24, 2.45) is 5.73 Å². The van der Waals surface area contributed by atoms with Gasteiger partial charge < -0.3 is 10.6 Å². The number of aryl methyl sites for hydroxylation is 1. The summed E-state index contributed by atoms with van der Waals surface area (Å²) < 4.78 is 0. The Morgan fingerprint density at radius 1 is 1.35 bits per heavy atom. The maximum atomic E-state index is 5.78. The number of anilines is 1. The first-order valence-corrected chi connectivity index (χ1v) is 7.37. The van der Waals surface area contributed by atoms with Crippen LogP contribution in [0.2, 0.25) is 0 Å². The molecule has 0 amide bonds. The second-order valence-corrected chi connectivity index (χ2v) is 5.63. The Kier molecular flexibility index (Phi) is 5.92. The molecule has 2 N–H and O–H groups in total. The third-order valence-electron chi connectivity index (χ3n) is 3.11. The van der Waals surface area contributed by atoms with Gasteiger partial charge in [0.2, 0.25) is 0 Å².